The molecule has 1 N–H and O–H groups in total. The number of halogens is 2. The van der Waals surface area contributed by atoms with Gasteiger partial charge in [0.15, 0.2) is 0 Å². The predicted octanol–water partition coefficient (Wildman–Crippen LogP) is 3.17. The van der Waals surface area contributed by atoms with Crippen LogP contribution >= 0.6 is 11.6 Å². The quantitative estimate of drug-likeness (QED) is 0.895. The lowest BCUT2D eigenvalue weighted by molar-refractivity contribution is -0.0999. The Balaban J connectivity index is 1.96. The van der Waals surface area contributed by atoms with E-state index in [4.69, 9.17) is 16.3 Å². The summed E-state index contributed by atoms with van der Waals surface area (Å²) in [7, 11) is 0. The highest BCUT2D eigenvalue weighted by atomic mass is 35.5. The summed E-state index contributed by atoms with van der Waals surface area (Å²) >= 11 is 6.02. The van der Waals surface area contributed by atoms with Crippen LogP contribution in [0.25, 0.3) is 0 Å². The SMILES string of the molecule is CC(NCC1(C)COC1)c1ccc(F)cc1Cl. The second-order valence-electron chi connectivity index (χ2n) is 5.07. The Morgan fingerprint density at radius 3 is 2.76 bits per heavy atom. The summed E-state index contributed by atoms with van der Waals surface area (Å²) < 4.78 is 18.1. The summed E-state index contributed by atoms with van der Waals surface area (Å²) in [6.45, 7) is 6.68. The fourth-order valence-electron chi connectivity index (χ4n) is 1.91. The molecule has 2 rings (SSSR count). The Bertz CT molecular complexity index is 406. The van der Waals surface area contributed by atoms with E-state index in [0.29, 0.717) is 5.02 Å². The van der Waals surface area contributed by atoms with Gasteiger partial charge < -0.3 is 10.1 Å². The van der Waals surface area contributed by atoms with Crippen LogP contribution in [0.2, 0.25) is 5.02 Å². The van der Waals surface area contributed by atoms with Crippen molar-refractivity contribution >= 4 is 11.6 Å². The number of benzene rings is 1. The van der Waals surface area contributed by atoms with E-state index in [-0.39, 0.29) is 17.3 Å². The van der Waals surface area contributed by atoms with Gasteiger partial charge in [0.2, 0.25) is 0 Å². The first-order chi connectivity index (χ1) is 8.00. The van der Waals surface area contributed by atoms with Gasteiger partial charge in [0, 0.05) is 23.0 Å². The van der Waals surface area contributed by atoms with Gasteiger partial charge in [0.05, 0.1) is 13.2 Å². The fourth-order valence-corrected chi connectivity index (χ4v) is 2.25. The third-order valence-electron chi connectivity index (χ3n) is 3.17. The number of ether oxygens (including phenoxy) is 1. The molecule has 0 aromatic heterocycles. The van der Waals surface area contributed by atoms with Crippen LogP contribution in [0.15, 0.2) is 18.2 Å². The summed E-state index contributed by atoms with van der Waals surface area (Å²) in [5, 5.41) is 3.89. The zero-order valence-corrected chi connectivity index (χ0v) is 10.9. The first kappa shape index (κ1) is 12.8. The predicted molar refractivity (Wildman–Crippen MR) is 66.8 cm³/mol. The lowest BCUT2D eigenvalue weighted by Gasteiger charge is -2.39. The summed E-state index contributed by atoms with van der Waals surface area (Å²) in [4.78, 5) is 0. The van der Waals surface area contributed by atoms with Crippen molar-refractivity contribution in [3.63, 3.8) is 0 Å². The monoisotopic (exact) mass is 257 g/mol. The summed E-state index contributed by atoms with van der Waals surface area (Å²) in [5.41, 5.74) is 1.15. The number of hydrogen-bond donors (Lipinski definition) is 1. The van der Waals surface area contributed by atoms with Crippen LogP contribution in [0.4, 0.5) is 4.39 Å². The van der Waals surface area contributed by atoms with Crippen molar-refractivity contribution in [3.8, 4) is 0 Å². The average Bonchev–Trinajstić information content (AvgIpc) is 2.23. The molecule has 1 fully saturated rings. The van der Waals surface area contributed by atoms with Crippen molar-refractivity contribution in [1.82, 2.24) is 5.32 Å². The molecule has 94 valence electrons. The third-order valence-corrected chi connectivity index (χ3v) is 3.49. The van der Waals surface area contributed by atoms with Crippen LogP contribution in [0, 0.1) is 11.2 Å². The Hall–Kier alpha value is -0.640. The summed E-state index contributed by atoms with van der Waals surface area (Å²) in [5.74, 6) is -0.301. The highest BCUT2D eigenvalue weighted by molar-refractivity contribution is 6.31. The minimum Gasteiger partial charge on any atom is -0.380 e. The molecule has 0 spiro atoms. The molecule has 2 nitrogen and oxygen atoms in total. The molecule has 1 aliphatic heterocycles. The molecule has 0 radical (unpaired) electrons. The molecule has 1 heterocycles. The topological polar surface area (TPSA) is 21.3 Å². The van der Waals surface area contributed by atoms with Gasteiger partial charge in [-0.3, -0.25) is 0 Å². The summed E-state index contributed by atoms with van der Waals surface area (Å²) in [6.07, 6.45) is 0. The molecule has 17 heavy (non-hydrogen) atoms. The molecule has 1 unspecified atom stereocenters. The molecular weight excluding hydrogens is 241 g/mol. The molecule has 1 aromatic rings. The summed E-state index contributed by atoms with van der Waals surface area (Å²) in [6, 6.07) is 4.63. The largest absolute Gasteiger partial charge is 0.380 e. The Morgan fingerprint density at radius 1 is 1.53 bits per heavy atom. The molecule has 4 heteroatoms. The zero-order valence-electron chi connectivity index (χ0n) is 10.1. The minimum absolute atomic E-state index is 0.112. The molecule has 0 amide bonds. The number of hydrogen-bond acceptors (Lipinski definition) is 2. The van der Waals surface area contributed by atoms with E-state index in [9.17, 15) is 4.39 Å². The first-order valence-corrected chi connectivity index (χ1v) is 6.14. The smallest absolute Gasteiger partial charge is 0.124 e. The fraction of sp³-hybridized carbons (Fsp3) is 0.538. The van der Waals surface area contributed by atoms with Crippen LogP contribution in [0.3, 0.4) is 0 Å². The Morgan fingerprint density at radius 2 is 2.24 bits per heavy atom. The van der Waals surface area contributed by atoms with Crippen molar-refractivity contribution in [2.75, 3.05) is 19.8 Å². The van der Waals surface area contributed by atoms with E-state index in [2.05, 4.69) is 12.2 Å². The van der Waals surface area contributed by atoms with Crippen LogP contribution in [-0.2, 0) is 4.74 Å². The van der Waals surface area contributed by atoms with Crippen molar-refractivity contribution in [1.29, 1.82) is 0 Å². The lowest BCUT2D eigenvalue weighted by atomic mass is 9.88. The maximum absolute atomic E-state index is 12.9. The van der Waals surface area contributed by atoms with E-state index in [1.54, 1.807) is 6.07 Å². The normalized spacial score (nSPS) is 19.8. The zero-order chi connectivity index (χ0) is 12.5. The van der Waals surface area contributed by atoms with Crippen LogP contribution in [-0.4, -0.2) is 19.8 Å². The first-order valence-electron chi connectivity index (χ1n) is 5.76. The highest BCUT2D eigenvalue weighted by Gasteiger charge is 2.33. The second-order valence-corrected chi connectivity index (χ2v) is 5.48. The molecule has 1 aromatic carbocycles. The van der Waals surface area contributed by atoms with Crippen molar-refractivity contribution in [2.24, 2.45) is 5.41 Å². The van der Waals surface area contributed by atoms with Gasteiger partial charge in [-0.05, 0) is 24.6 Å². The molecule has 0 bridgehead atoms. The number of nitrogens with one attached hydrogen (secondary N) is 1. The van der Waals surface area contributed by atoms with Crippen LogP contribution in [0.5, 0.6) is 0 Å². The highest BCUT2D eigenvalue weighted by Crippen LogP contribution is 2.28. The molecule has 0 aliphatic carbocycles. The van der Waals surface area contributed by atoms with Gasteiger partial charge in [-0.25, -0.2) is 4.39 Å². The van der Waals surface area contributed by atoms with Gasteiger partial charge in [-0.1, -0.05) is 24.6 Å². The van der Waals surface area contributed by atoms with E-state index >= 15 is 0 Å². The van der Waals surface area contributed by atoms with Crippen LogP contribution < -0.4 is 5.32 Å². The Labute approximate surface area is 106 Å². The average molecular weight is 258 g/mol. The van der Waals surface area contributed by atoms with Gasteiger partial charge in [0.1, 0.15) is 5.82 Å². The van der Waals surface area contributed by atoms with Crippen molar-refractivity contribution in [3.05, 3.63) is 34.6 Å². The van der Waals surface area contributed by atoms with E-state index in [1.807, 2.05) is 6.92 Å². The van der Waals surface area contributed by atoms with E-state index in [1.165, 1.54) is 12.1 Å². The van der Waals surface area contributed by atoms with Crippen LogP contribution in [0.1, 0.15) is 25.5 Å². The maximum atomic E-state index is 12.9. The molecule has 1 atom stereocenters. The van der Waals surface area contributed by atoms with Gasteiger partial charge in [0.25, 0.3) is 0 Å². The molecule has 1 aliphatic rings. The van der Waals surface area contributed by atoms with Gasteiger partial charge >= 0.3 is 0 Å². The minimum atomic E-state index is -0.301. The van der Waals surface area contributed by atoms with Gasteiger partial charge in [-0.15, -0.1) is 0 Å². The third kappa shape index (κ3) is 2.97. The standard InChI is InChI=1S/C13H17ClFNO/c1-9(16-6-13(2)7-17-8-13)11-4-3-10(15)5-12(11)14/h3-5,9,16H,6-8H2,1-2H3. The van der Waals surface area contributed by atoms with E-state index in [0.717, 1.165) is 25.3 Å². The van der Waals surface area contributed by atoms with Gasteiger partial charge in [-0.2, -0.15) is 0 Å². The van der Waals surface area contributed by atoms with E-state index < -0.39 is 0 Å². The number of rotatable bonds is 4. The van der Waals surface area contributed by atoms with Crippen molar-refractivity contribution in [2.45, 2.75) is 19.9 Å². The lowest BCUT2D eigenvalue weighted by Crippen LogP contribution is -2.47. The second kappa shape index (κ2) is 4.92. The van der Waals surface area contributed by atoms with Crippen molar-refractivity contribution < 1.29 is 9.13 Å². The maximum Gasteiger partial charge on any atom is 0.124 e. The Kier molecular flexibility index (Phi) is 3.71. The molecule has 1 saturated heterocycles. The molecule has 0 saturated carbocycles. The molecular formula is C13H17ClFNO.